The Labute approximate surface area is 106 Å². The largest absolute Gasteiger partial charge is 0.508 e. The van der Waals surface area contributed by atoms with Crippen molar-refractivity contribution < 1.29 is 14.6 Å². The van der Waals surface area contributed by atoms with Crippen LogP contribution in [0.15, 0.2) is 12.1 Å². The van der Waals surface area contributed by atoms with Crippen LogP contribution in [-0.4, -0.2) is 49.5 Å². The van der Waals surface area contributed by atoms with Crippen LogP contribution in [0.4, 0.5) is 0 Å². The van der Waals surface area contributed by atoms with E-state index in [1.807, 2.05) is 0 Å². The first-order valence-electron chi connectivity index (χ1n) is 6.37. The summed E-state index contributed by atoms with van der Waals surface area (Å²) in [7, 11) is 0. The number of hydrogen-bond acceptors (Lipinski definition) is 5. The quantitative estimate of drug-likeness (QED) is 0.821. The first-order valence-corrected chi connectivity index (χ1v) is 6.37. The van der Waals surface area contributed by atoms with E-state index >= 15 is 0 Å². The highest BCUT2D eigenvalue weighted by molar-refractivity contribution is 5.52. The molecule has 3 rings (SSSR count). The van der Waals surface area contributed by atoms with E-state index in [9.17, 15) is 5.11 Å². The van der Waals surface area contributed by atoms with Gasteiger partial charge in [-0.15, -0.1) is 0 Å². The molecule has 1 aromatic rings. The van der Waals surface area contributed by atoms with Gasteiger partial charge in [-0.25, -0.2) is 0 Å². The van der Waals surface area contributed by atoms with Crippen LogP contribution in [0.5, 0.6) is 17.2 Å². The average Bonchev–Trinajstić information content (AvgIpc) is 2.85. The Morgan fingerprint density at radius 3 is 2.89 bits per heavy atom. The van der Waals surface area contributed by atoms with E-state index in [0.29, 0.717) is 5.75 Å². The fourth-order valence-corrected chi connectivity index (χ4v) is 2.47. The lowest BCUT2D eigenvalue weighted by molar-refractivity contribution is 0.172. The minimum Gasteiger partial charge on any atom is -0.508 e. The summed E-state index contributed by atoms with van der Waals surface area (Å²) in [5.41, 5.74) is 1.03. The maximum absolute atomic E-state index is 9.66. The minimum absolute atomic E-state index is 0.245. The van der Waals surface area contributed by atoms with Crippen LogP contribution in [-0.2, 0) is 6.42 Å². The molecule has 5 heteroatoms. The van der Waals surface area contributed by atoms with Gasteiger partial charge in [-0.3, -0.25) is 0 Å². The fraction of sp³-hybridized carbons (Fsp3) is 0.538. The number of ether oxygens (including phenoxy) is 2. The molecule has 2 N–H and O–H groups in total. The van der Waals surface area contributed by atoms with Crippen molar-refractivity contribution in [2.24, 2.45) is 0 Å². The van der Waals surface area contributed by atoms with Crippen molar-refractivity contribution in [3.8, 4) is 17.2 Å². The molecule has 98 valence electrons. The van der Waals surface area contributed by atoms with Gasteiger partial charge in [0.25, 0.3) is 0 Å². The predicted molar refractivity (Wildman–Crippen MR) is 67.2 cm³/mol. The Kier molecular flexibility index (Phi) is 3.25. The summed E-state index contributed by atoms with van der Waals surface area (Å²) in [6.45, 7) is 5.51. The second-order valence-corrected chi connectivity index (χ2v) is 4.68. The van der Waals surface area contributed by atoms with Crippen LogP contribution >= 0.6 is 0 Å². The van der Waals surface area contributed by atoms with E-state index in [-0.39, 0.29) is 12.5 Å². The first kappa shape index (κ1) is 11.6. The van der Waals surface area contributed by atoms with Gasteiger partial charge in [0.2, 0.25) is 6.79 Å². The van der Waals surface area contributed by atoms with E-state index in [0.717, 1.165) is 50.5 Å². The molecule has 1 aromatic carbocycles. The lowest BCUT2D eigenvalue weighted by Crippen LogP contribution is -2.44. The smallest absolute Gasteiger partial charge is 0.231 e. The van der Waals surface area contributed by atoms with Crippen LogP contribution in [0.2, 0.25) is 0 Å². The van der Waals surface area contributed by atoms with Crippen molar-refractivity contribution in [1.82, 2.24) is 10.2 Å². The van der Waals surface area contributed by atoms with Crippen molar-refractivity contribution in [2.45, 2.75) is 6.42 Å². The van der Waals surface area contributed by atoms with Gasteiger partial charge in [-0.1, -0.05) is 0 Å². The van der Waals surface area contributed by atoms with Gasteiger partial charge in [0.05, 0.1) is 0 Å². The molecule has 0 spiro atoms. The summed E-state index contributed by atoms with van der Waals surface area (Å²) in [5.74, 6) is 1.70. The lowest BCUT2D eigenvalue weighted by atomic mass is 10.1. The van der Waals surface area contributed by atoms with Gasteiger partial charge in [-0.05, 0) is 12.5 Å². The summed E-state index contributed by atoms with van der Waals surface area (Å²) >= 11 is 0. The third kappa shape index (κ3) is 2.37. The number of aromatic hydroxyl groups is 1. The average molecular weight is 250 g/mol. The molecular weight excluding hydrogens is 232 g/mol. The molecule has 0 atom stereocenters. The molecule has 0 unspecified atom stereocenters. The van der Waals surface area contributed by atoms with Crippen LogP contribution in [0, 0.1) is 0 Å². The van der Waals surface area contributed by atoms with Crippen LogP contribution in [0.1, 0.15) is 5.56 Å². The molecule has 2 heterocycles. The van der Waals surface area contributed by atoms with Crippen molar-refractivity contribution >= 4 is 0 Å². The third-order valence-electron chi connectivity index (χ3n) is 3.44. The Morgan fingerprint density at radius 1 is 1.22 bits per heavy atom. The Bertz CT molecular complexity index is 430. The Morgan fingerprint density at radius 2 is 2.06 bits per heavy atom. The number of nitrogens with one attached hydrogen (secondary N) is 1. The number of piperazine rings is 1. The summed E-state index contributed by atoms with van der Waals surface area (Å²) < 4.78 is 10.8. The van der Waals surface area contributed by atoms with Gasteiger partial charge in [-0.2, -0.15) is 0 Å². The standard InChI is InChI=1S/C13H18N2O3/c16-11-7-10(13-12(8-11)17-9-18-13)1-4-15-5-2-14-3-6-15/h7-8,14,16H,1-6,9H2. The van der Waals surface area contributed by atoms with Gasteiger partial charge in [0, 0.05) is 44.4 Å². The monoisotopic (exact) mass is 250 g/mol. The van der Waals surface area contributed by atoms with Crippen LogP contribution in [0.25, 0.3) is 0 Å². The molecular formula is C13H18N2O3. The summed E-state index contributed by atoms with van der Waals surface area (Å²) in [6.07, 6.45) is 0.875. The fourth-order valence-electron chi connectivity index (χ4n) is 2.47. The molecule has 0 radical (unpaired) electrons. The summed E-state index contributed by atoms with van der Waals surface area (Å²) in [6, 6.07) is 3.38. The molecule has 0 aromatic heterocycles. The van der Waals surface area contributed by atoms with Crippen molar-refractivity contribution in [2.75, 3.05) is 39.5 Å². The van der Waals surface area contributed by atoms with Crippen molar-refractivity contribution in [3.63, 3.8) is 0 Å². The van der Waals surface area contributed by atoms with E-state index in [1.54, 1.807) is 12.1 Å². The maximum atomic E-state index is 9.66. The zero-order valence-corrected chi connectivity index (χ0v) is 10.3. The van der Waals surface area contributed by atoms with E-state index < -0.39 is 0 Å². The second-order valence-electron chi connectivity index (χ2n) is 4.68. The zero-order valence-electron chi connectivity index (χ0n) is 10.3. The third-order valence-corrected chi connectivity index (χ3v) is 3.44. The molecule has 0 amide bonds. The number of hydrogen-bond donors (Lipinski definition) is 2. The molecule has 1 saturated heterocycles. The number of phenolic OH excluding ortho intramolecular Hbond substituents is 1. The second kappa shape index (κ2) is 5.04. The molecule has 0 saturated carbocycles. The number of rotatable bonds is 3. The highest BCUT2D eigenvalue weighted by atomic mass is 16.7. The van der Waals surface area contributed by atoms with E-state index in [1.165, 1.54) is 0 Å². The van der Waals surface area contributed by atoms with Crippen LogP contribution < -0.4 is 14.8 Å². The lowest BCUT2D eigenvalue weighted by Gasteiger charge is -2.27. The predicted octanol–water partition coefficient (Wildman–Crippen LogP) is 0.569. The van der Waals surface area contributed by atoms with E-state index in [2.05, 4.69) is 10.2 Å². The number of phenols is 1. The number of fused-ring (bicyclic) bond motifs is 1. The summed E-state index contributed by atoms with van der Waals surface area (Å²) in [4.78, 5) is 2.42. The number of benzene rings is 1. The van der Waals surface area contributed by atoms with Gasteiger partial charge in [0.15, 0.2) is 11.5 Å². The van der Waals surface area contributed by atoms with Gasteiger partial charge < -0.3 is 24.8 Å². The minimum atomic E-state index is 0.245. The SMILES string of the molecule is Oc1cc(CCN2CCNCC2)c2c(c1)OCO2. The molecule has 0 aliphatic carbocycles. The molecule has 5 nitrogen and oxygen atoms in total. The van der Waals surface area contributed by atoms with Gasteiger partial charge in [0.1, 0.15) is 5.75 Å². The van der Waals surface area contributed by atoms with Crippen molar-refractivity contribution in [3.05, 3.63) is 17.7 Å². The topological polar surface area (TPSA) is 54.0 Å². The Balaban J connectivity index is 1.68. The normalized spacial score (nSPS) is 19.1. The van der Waals surface area contributed by atoms with E-state index in [4.69, 9.17) is 9.47 Å². The summed E-state index contributed by atoms with van der Waals surface area (Å²) in [5, 5.41) is 13.0. The highest BCUT2D eigenvalue weighted by Gasteiger charge is 2.20. The maximum Gasteiger partial charge on any atom is 0.231 e. The molecule has 1 fully saturated rings. The highest BCUT2D eigenvalue weighted by Crippen LogP contribution is 2.39. The first-order chi connectivity index (χ1) is 8.83. The van der Waals surface area contributed by atoms with Gasteiger partial charge >= 0.3 is 0 Å². The zero-order chi connectivity index (χ0) is 12.4. The molecule has 18 heavy (non-hydrogen) atoms. The van der Waals surface area contributed by atoms with Crippen molar-refractivity contribution in [1.29, 1.82) is 0 Å². The molecule has 2 aliphatic heterocycles. The molecule has 2 aliphatic rings. The Hall–Kier alpha value is -1.46. The molecule has 0 bridgehead atoms. The number of nitrogens with zero attached hydrogens (tertiary/aromatic N) is 1. The van der Waals surface area contributed by atoms with Crippen LogP contribution in [0.3, 0.4) is 0 Å².